The average molecular weight is 809 g/mol. The Hall–Kier alpha value is -6.83. The minimum atomic E-state index is -4.49. The van der Waals surface area contributed by atoms with E-state index in [0.29, 0.717) is 42.1 Å². The molecule has 16 aliphatic heterocycles. The first kappa shape index (κ1) is 37.5. The summed E-state index contributed by atoms with van der Waals surface area (Å²) < 4.78 is 27.4. The SMILES string of the molecule is O=[N+]([O-])c1cc2ccc1Nc1ccc(cc1)Sc1ccc(cc1[N+](=O)[O-])Cc1ccc(c([N+](=O)[O-])c1)Sc1ccc(cc1)Nc1ccc(cc1[N+](=O)[O-])S2(=O)=O. The summed E-state index contributed by atoms with van der Waals surface area (Å²) >= 11 is 2.23. The molecule has 2 N–H and O–H groups in total. The van der Waals surface area contributed by atoms with Crippen LogP contribution in [0.5, 0.6) is 0 Å². The molecular formula is C37H24N6O10S3. The van der Waals surface area contributed by atoms with Gasteiger partial charge in [-0.05, 0) is 102 Å². The Balaban J connectivity index is 1.31. The molecule has 0 aliphatic carbocycles. The Kier molecular flexibility index (Phi) is 10.1. The molecule has 280 valence electrons. The van der Waals surface area contributed by atoms with E-state index in [2.05, 4.69) is 10.6 Å². The molecule has 19 heteroatoms. The van der Waals surface area contributed by atoms with Gasteiger partial charge in [-0.2, -0.15) is 0 Å². The highest BCUT2D eigenvalue weighted by atomic mass is 32.2. The maximum absolute atomic E-state index is 13.7. The van der Waals surface area contributed by atoms with Crippen LogP contribution < -0.4 is 10.6 Å². The summed E-state index contributed by atoms with van der Waals surface area (Å²) in [6, 6.07) is 28.9. The van der Waals surface area contributed by atoms with Crippen molar-refractivity contribution in [2.45, 2.75) is 35.8 Å². The number of nitrogens with zero attached hydrogens (tertiary/aromatic N) is 4. The van der Waals surface area contributed by atoms with Gasteiger partial charge in [-0.25, -0.2) is 8.42 Å². The van der Waals surface area contributed by atoms with E-state index in [-0.39, 0.29) is 29.2 Å². The fraction of sp³-hybridized carbons (Fsp3) is 0.0270. The first-order valence-electron chi connectivity index (χ1n) is 16.2. The lowest BCUT2D eigenvalue weighted by atomic mass is 10.0. The molecule has 6 aromatic rings. The summed E-state index contributed by atoms with van der Waals surface area (Å²) in [7, 11) is -4.49. The van der Waals surface area contributed by atoms with E-state index in [1.54, 1.807) is 72.8 Å². The van der Waals surface area contributed by atoms with Gasteiger partial charge in [-0.15, -0.1) is 0 Å². The van der Waals surface area contributed by atoms with Gasteiger partial charge in [0.1, 0.15) is 11.4 Å². The van der Waals surface area contributed by atoms with Crippen LogP contribution >= 0.6 is 23.5 Å². The van der Waals surface area contributed by atoms with E-state index in [0.717, 1.165) is 47.8 Å². The molecule has 12 bridgehead atoms. The first-order valence-corrected chi connectivity index (χ1v) is 19.3. The van der Waals surface area contributed by atoms with Crippen molar-refractivity contribution < 1.29 is 28.1 Å². The standard InChI is InChI=1S/C37H24N6O10S3/c44-40(45)32-20-28-11-13-30(32)38-24-3-7-26(8-4-24)54-36-15-1-22(18-34(36)42(48)49)17-23-2-16-37(35(19-23)43(50)51)55-27-9-5-25(6-10-27)39-31-14-12-29(56(28,52)53)21-33(31)41(46)47/h1-16,18-21,38-39H,17H2. The Morgan fingerprint density at radius 3 is 1.20 bits per heavy atom. The largest absolute Gasteiger partial charge is 0.350 e. The van der Waals surface area contributed by atoms with Gasteiger partial charge in [0.25, 0.3) is 22.7 Å². The normalized spacial score (nSPS) is 13.2. The Morgan fingerprint density at radius 1 is 0.464 bits per heavy atom. The maximum atomic E-state index is 13.7. The molecule has 56 heavy (non-hydrogen) atoms. The van der Waals surface area contributed by atoms with E-state index < -0.39 is 50.7 Å². The Labute approximate surface area is 325 Å². The predicted octanol–water partition coefficient (Wildman–Crippen LogP) is 9.85. The average Bonchev–Trinajstić information content (AvgIpc) is 3.17. The zero-order chi connectivity index (χ0) is 39.7. The third-order valence-corrected chi connectivity index (χ3v) is 12.4. The highest BCUT2D eigenvalue weighted by Gasteiger charge is 2.27. The lowest BCUT2D eigenvalue weighted by molar-refractivity contribution is -0.387. The molecular weight excluding hydrogens is 785 g/mol. The van der Waals surface area contributed by atoms with Crippen molar-refractivity contribution in [2.24, 2.45) is 0 Å². The second kappa shape index (κ2) is 15.1. The fourth-order valence-corrected chi connectivity index (χ4v) is 8.92. The number of nitrogens with one attached hydrogen (secondary N) is 2. The van der Waals surface area contributed by atoms with Gasteiger partial charge >= 0.3 is 0 Å². The van der Waals surface area contributed by atoms with Crippen molar-refractivity contribution in [3.63, 3.8) is 0 Å². The molecule has 0 unspecified atom stereocenters. The molecule has 0 saturated carbocycles. The molecule has 0 atom stereocenters. The maximum Gasteiger partial charge on any atom is 0.293 e. The number of nitro groups is 4. The van der Waals surface area contributed by atoms with Crippen molar-refractivity contribution in [2.75, 3.05) is 10.6 Å². The molecule has 16 heterocycles. The van der Waals surface area contributed by atoms with E-state index in [9.17, 15) is 48.9 Å². The molecule has 16 aliphatic rings. The van der Waals surface area contributed by atoms with Crippen LogP contribution in [-0.2, 0) is 16.3 Å². The third-order valence-electron chi connectivity index (χ3n) is 8.52. The zero-order valence-corrected chi connectivity index (χ0v) is 30.8. The monoisotopic (exact) mass is 808 g/mol. The fourth-order valence-electron chi connectivity index (χ4n) is 5.82. The number of anilines is 4. The molecule has 0 amide bonds. The van der Waals surface area contributed by atoms with Crippen LogP contribution in [0.1, 0.15) is 11.1 Å². The van der Waals surface area contributed by atoms with E-state index in [4.69, 9.17) is 0 Å². The van der Waals surface area contributed by atoms with Crippen molar-refractivity contribution in [1.29, 1.82) is 0 Å². The summed E-state index contributed by atoms with van der Waals surface area (Å²) in [5, 5.41) is 54.3. The van der Waals surface area contributed by atoms with Gasteiger partial charge in [0.05, 0.1) is 39.3 Å². The smallest absolute Gasteiger partial charge is 0.293 e. The van der Waals surface area contributed by atoms with Crippen LogP contribution in [0.2, 0.25) is 0 Å². The second-order valence-electron chi connectivity index (χ2n) is 12.2. The van der Waals surface area contributed by atoms with Crippen molar-refractivity contribution >= 4 is 78.9 Å². The van der Waals surface area contributed by atoms with Gasteiger partial charge in [-0.3, -0.25) is 40.5 Å². The van der Waals surface area contributed by atoms with Crippen molar-refractivity contribution in [3.8, 4) is 0 Å². The van der Waals surface area contributed by atoms with Gasteiger partial charge in [-0.1, -0.05) is 35.7 Å². The first-order chi connectivity index (χ1) is 26.7. The van der Waals surface area contributed by atoms with Crippen LogP contribution in [0.25, 0.3) is 0 Å². The summed E-state index contributed by atoms with van der Waals surface area (Å²) in [6.45, 7) is 0. The molecule has 22 rings (SSSR count). The summed E-state index contributed by atoms with van der Waals surface area (Å²) in [5.74, 6) is 0. The third kappa shape index (κ3) is 7.85. The highest BCUT2D eigenvalue weighted by Crippen LogP contribution is 2.40. The quantitative estimate of drug-likeness (QED) is 0.124. The molecule has 0 radical (unpaired) electrons. The predicted molar refractivity (Wildman–Crippen MR) is 208 cm³/mol. The molecule has 16 nitrogen and oxygen atoms in total. The topological polar surface area (TPSA) is 231 Å². The van der Waals surface area contributed by atoms with E-state index >= 15 is 0 Å². The summed E-state index contributed by atoms with van der Waals surface area (Å²) in [4.78, 5) is 46.9. The van der Waals surface area contributed by atoms with Gasteiger partial charge in [0.15, 0.2) is 0 Å². The minimum Gasteiger partial charge on any atom is -0.350 e. The van der Waals surface area contributed by atoms with Crippen LogP contribution in [0, 0.1) is 40.5 Å². The van der Waals surface area contributed by atoms with Gasteiger partial charge < -0.3 is 10.6 Å². The molecule has 0 aromatic heterocycles. The number of hydrogen-bond acceptors (Lipinski definition) is 14. The molecule has 6 aromatic carbocycles. The Morgan fingerprint density at radius 2 is 0.839 bits per heavy atom. The van der Waals surface area contributed by atoms with E-state index in [1.165, 1.54) is 24.3 Å². The number of benzene rings is 6. The van der Waals surface area contributed by atoms with Crippen LogP contribution in [0.3, 0.4) is 0 Å². The van der Waals surface area contributed by atoms with Gasteiger partial charge in [0, 0.05) is 45.4 Å². The lowest BCUT2D eigenvalue weighted by Crippen LogP contribution is -2.06. The van der Waals surface area contributed by atoms with Crippen LogP contribution in [-0.4, -0.2) is 28.1 Å². The molecule has 0 saturated heterocycles. The zero-order valence-electron chi connectivity index (χ0n) is 28.4. The molecule has 0 fully saturated rings. The second-order valence-corrected chi connectivity index (χ2v) is 16.4. The highest BCUT2D eigenvalue weighted by molar-refractivity contribution is 7.99. The number of hydrogen-bond donors (Lipinski definition) is 2. The summed E-state index contributed by atoms with van der Waals surface area (Å²) in [5.41, 5.74) is 0.384. The number of sulfone groups is 1. The van der Waals surface area contributed by atoms with Crippen LogP contribution in [0.4, 0.5) is 45.5 Å². The molecule has 0 spiro atoms. The minimum absolute atomic E-state index is 0.0323. The Bertz CT molecular complexity index is 2530. The van der Waals surface area contributed by atoms with Crippen molar-refractivity contribution in [3.05, 3.63) is 173 Å². The van der Waals surface area contributed by atoms with E-state index in [1.807, 2.05) is 0 Å². The lowest BCUT2D eigenvalue weighted by Gasteiger charge is -2.12. The number of rotatable bonds is 4. The summed E-state index contributed by atoms with van der Waals surface area (Å²) in [6.07, 6.45) is 0.185. The van der Waals surface area contributed by atoms with Crippen LogP contribution in [0.15, 0.2) is 151 Å². The number of nitro benzene ring substituents is 4. The van der Waals surface area contributed by atoms with Crippen molar-refractivity contribution in [1.82, 2.24) is 0 Å². The van der Waals surface area contributed by atoms with Gasteiger partial charge in [0.2, 0.25) is 9.84 Å².